The van der Waals surface area contributed by atoms with E-state index in [1.807, 2.05) is 24.3 Å². The van der Waals surface area contributed by atoms with Gasteiger partial charge in [-0.2, -0.15) is 0 Å². The van der Waals surface area contributed by atoms with Gasteiger partial charge in [0.2, 0.25) is 5.91 Å². The van der Waals surface area contributed by atoms with Gasteiger partial charge in [0.25, 0.3) is 0 Å². The number of piperazine rings is 1. The smallest absolute Gasteiger partial charge is 0.238 e. The van der Waals surface area contributed by atoms with Crippen LogP contribution in [0.4, 0.5) is 0 Å². The average molecular weight is 363 g/mol. The number of carbonyl (C=O) groups excluding carboxylic acids is 1. The number of hydrogen-bond acceptors (Lipinski definition) is 5. The number of nitrogens with zero attached hydrogens (tertiary/aromatic N) is 1. The van der Waals surface area contributed by atoms with Crippen LogP contribution >= 0.6 is 12.4 Å². The van der Waals surface area contributed by atoms with E-state index >= 15 is 0 Å². The van der Waals surface area contributed by atoms with E-state index in [0.29, 0.717) is 25.4 Å². The summed E-state index contributed by atoms with van der Waals surface area (Å²) in [5.74, 6) is -0.106. The SMILES string of the molecule is CCS(=O)(=O)CC(=O)N1CCNCC1c1ccccc1OC.Cl. The highest BCUT2D eigenvalue weighted by atomic mass is 35.5. The first-order chi connectivity index (χ1) is 10.5. The third-order valence-corrected chi connectivity index (χ3v) is 5.41. The van der Waals surface area contributed by atoms with E-state index in [1.54, 1.807) is 18.9 Å². The van der Waals surface area contributed by atoms with Gasteiger partial charge in [0.15, 0.2) is 9.84 Å². The molecule has 1 aliphatic heterocycles. The highest BCUT2D eigenvalue weighted by Crippen LogP contribution is 2.30. The maximum atomic E-state index is 12.4. The molecule has 1 aromatic rings. The molecule has 0 aliphatic carbocycles. The molecule has 1 N–H and O–H groups in total. The second kappa shape index (κ2) is 8.52. The maximum absolute atomic E-state index is 12.4. The lowest BCUT2D eigenvalue weighted by Gasteiger charge is -2.37. The molecule has 130 valence electrons. The molecule has 0 radical (unpaired) electrons. The molecule has 1 aliphatic rings. The molecular weight excluding hydrogens is 340 g/mol. The molecule has 1 fully saturated rings. The van der Waals surface area contributed by atoms with Crippen LogP contribution in [0.25, 0.3) is 0 Å². The number of hydrogen-bond donors (Lipinski definition) is 1. The van der Waals surface area contributed by atoms with Crippen LogP contribution in [-0.2, 0) is 14.6 Å². The number of benzene rings is 1. The van der Waals surface area contributed by atoms with Crippen molar-refractivity contribution in [1.29, 1.82) is 0 Å². The van der Waals surface area contributed by atoms with Crippen molar-refractivity contribution in [2.24, 2.45) is 0 Å². The second-order valence-electron chi connectivity index (χ2n) is 5.23. The Bertz CT molecular complexity index is 636. The number of para-hydroxylation sites is 1. The van der Waals surface area contributed by atoms with Gasteiger partial charge in [-0.15, -0.1) is 12.4 Å². The summed E-state index contributed by atoms with van der Waals surface area (Å²) >= 11 is 0. The Labute approximate surface area is 143 Å². The minimum Gasteiger partial charge on any atom is -0.496 e. The Morgan fingerprint density at radius 2 is 2.09 bits per heavy atom. The molecule has 2 rings (SSSR count). The molecule has 23 heavy (non-hydrogen) atoms. The Morgan fingerprint density at radius 3 is 2.74 bits per heavy atom. The molecule has 0 bridgehead atoms. The first-order valence-electron chi connectivity index (χ1n) is 7.32. The van der Waals surface area contributed by atoms with Gasteiger partial charge in [0.1, 0.15) is 11.5 Å². The van der Waals surface area contributed by atoms with Gasteiger partial charge in [-0.1, -0.05) is 25.1 Å². The molecule has 0 saturated carbocycles. The summed E-state index contributed by atoms with van der Waals surface area (Å²) < 4.78 is 28.8. The Morgan fingerprint density at radius 1 is 1.39 bits per heavy atom. The van der Waals surface area contributed by atoms with E-state index in [0.717, 1.165) is 5.56 Å². The fourth-order valence-corrected chi connectivity index (χ4v) is 3.34. The van der Waals surface area contributed by atoms with Crippen molar-refractivity contribution in [3.8, 4) is 5.75 Å². The van der Waals surface area contributed by atoms with Crippen LogP contribution in [0.2, 0.25) is 0 Å². The van der Waals surface area contributed by atoms with E-state index in [9.17, 15) is 13.2 Å². The molecule has 1 atom stereocenters. The standard InChI is InChI=1S/C15H22N2O4S.ClH/c1-3-22(19,20)11-15(18)17-9-8-16-10-13(17)12-6-4-5-7-14(12)21-2;/h4-7,13,16H,3,8-11H2,1-2H3;1H. The lowest BCUT2D eigenvalue weighted by molar-refractivity contribution is -0.131. The van der Waals surface area contributed by atoms with Crippen molar-refractivity contribution >= 4 is 28.2 Å². The summed E-state index contributed by atoms with van der Waals surface area (Å²) in [5, 5.41) is 3.25. The van der Waals surface area contributed by atoms with Crippen molar-refractivity contribution in [1.82, 2.24) is 10.2 Å². The number of halogens is 1. The van der Waals surface area contributed by atoms with E-state index in [2.05, 4.69) is 5.32 Å². The first kappa shape index (κ1) is 19.7. The highest BCUT2D eigenvalue weighted by Gasteiger charge is 2.31. The number of methoxy groups -OCH3 is 1. The van der Waals surface area contributed by atoms with Crippen LogP contribution in [0.5, 0.6) is 5.75 Å². The van der Waals surface area contributed by atoms with Gasteiger partial charge in [-0.25, -0.2) is 8.42 Å². The zero-order valence-electron chi connectivity index (χ0n) is 13.3. The lowest BCUT2D eigenvalue weighted by atomic mass is 10.0. The van der Waals surface area contributed by atoms with Crippen molar-refractivity contribution in [3.05, 3.63) is 29.8 Å². The zero-order chi connectivity index (χ0) is 16.2. The largest absolute Gasteiger partial charge is 0.496 e. The molecule has 1 heterocycles. The van der Waals surface area contributed by atoms with Crippen molar-refractivity contribution in [3.63, 3.8) is 0 Å². The Kier molecular flexibility index (Phi) is 7.31. The van der Waals surface area contributed by atoms with Gasteiger partial charge < -0.3 is 15.0 Å². The van der Waals surface area contributed by atoms with Crippen molar-refractivity contribution in [2.75, 3.05) is 38.2 Å². The molecule has 8 heteroatoms. The predicted molar refractivity (Wildman–Crippen MR) is 91.9 cm³/mol. The summed E-state index contributed by atoms with van der Waals surface area (Å²) in [5.41, 5.74) is 0.888. The van der Waals surface area contributed by atoms with Crippen LogP contribution in [0.15, 0.2) is 24.3 Å². The number of rotatable bonds is 5. The average Bonchev–Trinajstić information content (AvgIpc) is 2.54. The van der Waals surface area contributed by atoms with Crippen LogP contribution < -0.4 is 10.1 Å². The zero-order valence-corrected chi connectivity index (χ0v) is 15.0. The minimum absolute atomic E-state index is 0. The van der Waals surface area contributed by atoms with Crippen molar-refractivity contribution < 1.29 is 17.9 Å². The summed E-state index contributed by atoms with van der Waals surface area (Å²) in [6.07, 6.45) is 0. The quantitative estimate of drug-likeness (QED) is 0.846. The number of amides is 1. The second-order valence-corrected chi connectivity index (χ2v) is 7.58. The van der Waals surface area contributed by atoms with E-state index in [4.69, 9.17) is 4.74 Å². The molecule has 1 saturated heterocycles. The van der Waals surface area contributed by atoms with Gasteiger partial charge in [-0.05, 0) is 6.07 Å². The lowest BCUT2D eigenvalue weighted by Crippen LogP contribution is -2.50. The molecule has 1 amide bonds. The predicted octanol–water partition coefficient (Wildman–Crippen LogP) is 1.02. The Hall–Kier alpha value is -1.31. The fourth-order valence-electron chi connectivity index (χ4n) is 2.60. The van der Waals surface area contributed by atoms with Crippen LogP contribution in [0.1, 0.15) is 18.5 Å². The van der Waals surface area contributed by atoms with Crippen LogP contribution in [0, 0.1) is 0 Å². The van der Waals surface area contributed by atoms with Gasteiger partial charge in [-0.3, -0.25) is 4.79 Å². The van der Waals surface area contributed by atoms with Gasteiger partial charge >= 0.3 is 0 Å². The molecule has 1 unspecified atom stereocenters. The maximum Gasteiger partial charge on any atom is 0.238 e. The molecule has 0 aromatic heterocycles. The van der Waals surface area contributed by atoms with Crippen LogP contribution in [-0.4, -0.2) is 57.5 Å². The third-order valence-electron chi connectivity index (χ3n) is 3.84. The Balaban J connectivity index is 0.00000264. The third kappa shape index (κ3) is 4.83. The fraction of sp³-hybridized carbons (Fsp3) is 0.533. The summed E-state index contributed by atoms with van der Waals surface area (Å²) in [6.45, 7) is 3.28. The molecule has 1 aromatic carbocycles. The normalized spacial score (nSPS) is 18.2. The molecular formula is C15H23ClN2O4S. The van der Waals surface area contributed by atoms with E-state index in [-0.39, 0.29) is 30.1 Å². The monoisotopic (exact) mass is 362 g/mol. The summed E-state index contributed by atoms with van der Waals surface area (Å²) in [7, 11) is -1.75. The van der Waals surface area contributed by atoms with Crippen LogP contribution in [0.3, 0.4) is 0 Å². The summed E-state index contributed by atoms with van der Waals surface area (Å²) in [4.78, 5) is 14.1. The van der Waals surface area contributed by atoms with Crippen molar-refractivity contribution in [2.45, 2.75) is 13.0 Å². The minimum atomic E-state index is -3.33. The molecule has 6 nitrogen and oxygen atoms in total. The van der Waals surface area contributed by atoms with Gasteiger partial charge in [0, 0.05) is 31.0 Å². The topological polar surface area (TPSA) is 75.7 Å². The number of sulfone groups is 1. The summed E-state index contributed by atoms with van der Waals surface area (Å²) in [6, 6.07) is 7.29. The highest BCUT2D eigenvalue weighted by molar-refractivity contribution is 7.92. The van der Waals surface area contributed by atoms with E-state index in [1.165, 1.54) is 0 Å². The number of ether oxygens (including phenoxy) is 1. The number of nitrogens with one attached hydrogen (secondary N) is 1. The first-order valence-corrected chi connectivity index (χ1v) is 9.14. The number of carbonyl (C=O) groups is 1. The van der Waals surface area contributed by atoms with Gasteiger partial charge in [0.05, 0.1) is 13.2 Å². The van der Waals surface area contributed by atoms with E-state index < -0.39 is 15.6 Å². The molecule has 0 spiro atoms.